The van der Waals surface area contributed by atoms with E-state index in [1.807, 2.05) is 0 Å². The molecule has 10 nitrogen and oxygen atoms in total. The predicted molar refractivity (Wildman–Crippen MR) is 82.8 cm³/mol. The van der Waals surface area contributed by atoms with Crippen LogP contribution in [0.25, 0.3) is 10.4 Å². The minimum Gasteiger partial charge on any atom is -0.352 e. The number of halogens is 2. The fraction of sp³-hybridized carbons (Fsp3) is 0.600. The number of aromatic amines is 1. The molecule has 1 N–H and O–H groups in total. The highest BCUT2D eigenvalue weighted by atomic mass is 35.9. The Morgan fingerprint density at radius 2 is 2.30 bits per heavy atom. The van der Waals surface area contributed by atoms with Crippen LogP contribution in [0.1, 0.15) is 18.2 Å². The van der Waals surface area contributed by atoms with Crippen LogP contribution in [-0.4, -0.2) is 28.3 Å². The quantitative estimate of drug-likeness (QED) is 0.359. The number of hydrogen-bond acceptors (Lipinski definition) is 6. The summed E-state index contributed by atoms with van der Waals surface area (Å²) in [6.45, 7) is 1.26. The second kappa shape index (κ2) is 7.09. The summed E-state index contributed by atoms with van der Waals surface area (Å²) in [5.74, 6) is 0. The van der Waals surface area contributed by atoms with Crippen molar-refractivity contribution in [2.45, 2.75) is 31.7 Å². The molecule has 0 unspecified atom stereocenters. The third-order valence-electron chi connectivity index (χ3n) is 3.25. The Balaban J connectivity index is 2.24. The number of ether oxygens (including phenoxy) is 1. The van der Waals surface area contributed by atoms with Crippen molar-refractivity contribution in [2.24, 2.45) is 5.11 Å². The molecule has 0 aliphatic carbocycles. The molecule has 0 spiro atoms. The molecule has 1 saturated heterocycles. The Morgan fingerprint density at radius 3 is 2.91 bits per heavy atom. The number of aryl methyl sites for hydroxylation is 1. The van der Waals surface area contributed by atoms with Crippen LogP contribution in [0.3, 0.4) is 0 Å². The topological polar surface area (TPSA) is 139 Å². The van der Waals surface area contributed by atoms with Gasteiger partial charge in [0.15, 0.2) is 0 Å². The highest BCUT2D eigenvalue weighted by molar-refractivity contribution is 8.05. The van der Waals surface area contributed by atoms with Crippen molar-refractivity contribution in [3.8, 4) is 0 Å². The molecule has 0 amide bonds. The first-order valence-corrected chi connectivity index (χ1v) is 9.80. The Hall–Kier alpha value is -1.28. The fourth-order valence-corrected chi connectivity index (χ4v) is 2.84. The highest BCUT2D eigenvalue weighted by Gasteiger charge is 2.37. The summed E-state index contributed by atoms with van der Waals surface area (Å²) in [6, 6.07) is -0.677. The maximum atomic E-state index is 11.9. The number of nitrogens with zero attached hydrogens (tertiary/aromatic N) is 4. The van der Waals surface area contributed by atoms with Gasteiger partial charge >= 0.3 is 11.8 Å². The van der Waals surface area contributed by atoms with Crippen LogP contribution < -0.4 is 11.2 Å². The summed E-state index contributed by atoms with van der Waals surface area (Å²) in [5.41, 5.74) is 7.76. The molecular formula is C10H12Cl2N5O5P. The Labute approximate surface area is 139 Å². The first-order chi connectivity index (χ1) is 10.7. The molecular weight excluding hydrogens is 372 g/mol. The van der Waals surface area contributed by atoms with Crippen LogP contribution in [0.2, 0.25) is 0 Å². The number of nitrogens with one attached hydrogen (secondary N) is 1. The van der Waals surface area contributed by atoms with E-state index in [0.717, 1.165) is 0 Å². The van der Waals surface area contributed by atoms with Gasteiger partial charge in [-0.2, -0.15) is 0 Å². The largest absolute Gasteiger partial charge is 0.380 e. The number of rotatable bonds is 5. The van der Waals surface area contributed by atoms with Crippen molar-refractivity contribution in [3.05, 3.63) is 43.0 Å². The van der Waals surface area contributed by atoms with Gasteiger partial charge in [0.2, 0.25) is 0 Å². The lowest BCUT2D eigenvalue weighted by atomic mass is 10.1. The molecule has 1 aromatic rings. The van der Waals surface area contributed by atoms with Crippen LogP contribution in [0, 0.1) is 6.92 Å². The van der Waals surface area contributed by atoms with Gasteiger partial charge < -0.3 is 9.26 Å². The van der Waals surface area contributed by atoms with E-state index in [0.29, 0.717) is 5.56 Å². The lowest BCUT2D eigenvalue weighted by Crippen LogP contribution is -2.33. The van der Waals surface area contributed by atoms with Gasteiger partial charge in [-0.3, -0.25) is 18.9 Å². The van der Waals surface area contributed by atoms with Gasteiger partial charge in [0.25, 0.3) is 5.56 Å². The molecule has 1 aliphatic rings. The molecule has 0 bridgehead atoms. The van der Waals surface area contributed by atoms with Gasteiger partial charge in [-0.05, 0) is 34.9 Å². The first-order valence-electron chi connectivity index (χ1n) is 6.37. The van der Waals surface area contributed by atoms with E-state index in [-0.39, 0.29) is 13.0 Å². The second-order valence-corrected chi connectivity index (χ2v) is 9.10. The van der Waals surface area contributed by atoms with Gasteiger partial charge in [0.1, 0.15) is 6.23 Å². The second-order valence-electron chi connectivity index (χ2n) is 4.83. The molecule has 2 heterocycles. The van der Waals surface area contributed by atoms with Crippen LogP contribution in [-0.2, 0) is 13.8 Å². The Morgan fingerprint density at radius 1 is 1.61 bits per heavy atom. The number of azide groups is 1. The summed E-state index contributed by atoms with van der Waals surface area (Å²) in [4.78, 5) is 28.1. The van der Waals surface area contributed by atoms with Gasteiger partial charge in [-0.1, -0.05) is 5.11 Å². The molecule has 0 saturated carbocycles. The standard InChI is InChI=1S/C10H12Cl2N5O5P/c1-5-3-17(10(19)14-9(5)18)8-2-6(15-16-13)7(22-8)4-21-23(11,12)20/h3,6-8H,2,4H2,1H3,(H,14,18,19)/t6-,7+,8+/m0/s1. The summed E-state index contributed by atoms with van der Waals surface area (Å²) in [7, 11) is 0. The molecule has 1 aromatic heterocycles. The van der Waals surface area contributed by atoms with Crippen LogP contribution in [0.4, 0.5) is 0 Å². The maximum Gasteiger partial charge on any atom is 0.380 e. The normalized spacial score (nSPS) is 24.4. The number of hydrogen-bond donors (Lipinski definition) is 1. The summed E-state index contributed by atoms with van der Waals surface area (Å²) < 4.78 is 22.7. The van der Waals surface area contributed by atoms with E-state index in [4.69, 9.17) is 37.3 Å². The maximum absolute atomic E-state index is 11.9. The Kier molecular flexibility index (Phi) is 5.57. The molecule has 1 fully saturated rings. The zero-order chi connectivity index (χ0) is 17.2. The summed E-state index contributed by atoms with van der Waals surface area (Å²) in [6.07, 6.45) is -3.83. The minimum atomic E-state index is -3.77. The monoisotopic (exact) mass is 383 g/mol. The van der Waals surface area contributed by atoms with E-state index >= 15 is 0 Å². The first kappa shape index (κ1) is 18.1. The van der Waals surface area contributed by atoms with Gasteiger partial charge in [-0.25, -0.2) is 4.79 Å². The average molecular weight is 384 g/mol. The molecule has 2 rings (SSSR count). The van der Waals surface area contributed by atoms with E-state index in [9.17, 15) is 14.2 Å². The van der Waals surface area contributed by atoms with E-state index in [1.165, 1.54) is 17.7 Å². The van der Waals surface area contributed by atoms with Crippen molar-refractivity contribution < 1.29 is 13.8 Å². The highest BCUT2D eigenvalue weighted by Crippen LogP contribution is 2.57. The third-order valence-corrected chi connectivity index (χ3v) is 4.28. The molecule has 13 heteroatoms. The van der Waals surface area contributed by atoms with Gasteiger partial charge in [-0.15, -0.1) is 0 Å². The minimum absolute atomic E-state index is 0.165. The van der Waals surface area contributed by atoms with E-state index < -0.39 is 35.7 Å². The molecule has 23 heavy (non-hydrogen) atoms. The summed E-state index contributed by atoms with van der Waals surface area (Å²) in [5, 5.41) is 3.56. The average Bonchev–Trinajstić information content (AvgIpc) is 2.83. The smallest absolute Gasteiger partial charge is 0.352 e. The van der Waals surface area contributed by atoms with Crippen LogP contribution >= 0.6 is 28.6 Å². The molecule has 1 aliphatic heterocycles. The zero-order valence-corrected chi connectivity index (χ0v) is 14.2. The van der Waals surface area contributed by atoms with Crippen molar-refractivity contribution >= 4 is 28.6 Å². The van der Waals surface area contributed by atoms with Crippen LogP contribution in [0.5, 0.6) is 0 Å². The van der Waals surface area contributed by atoms with Crippen LogP contribution in [0.15, 0.2) is 20.9 Å². The van der Waals surface area contributed by atoms with Crippen molar-refractivity contribution in [2.75, 3.05) is 6.61 Å². The van der Waals surface area contributed by atoms with Crippen molar-refractivity contribution in [1.82, 2.24) is 9.55 Å². The van der Waals surface area contributed by atoms with Gasteiger partial charge in [0, 0.05) is 23.1 Å². The lowest BCUT2D eigenvalue weighted by Gasteiger charge is -2.16. The van der Waals surface area contributed by atoms with Gasteiger partial charge in [0.05, 0.1) is 18.8 Å². The molecule has 0 radical (unpaired) electrons. The number of aromatic nitrogens is 2. The van der Waals surface area contributed by atoms with Crippen molar-refractivity contribution in [1.29, 1.82) is 0 Å². The van der Waals surface area contributed by atoms with E-state index in [1.54, 1.807) is 0 Å². The van der Waals surface area contributed by atoms with E-state index in [2.05, 4.69) is 15.0 Å². The predicted octanol–water partition coefficient (Wildman–Crippen LogP) is 2.41. The third kappa shape index (κ3) is 4.60. The summed E-state index contributed by atoms with van der Waals surface area (Å²) >= 11 is 10.6. The molecule has 126 valence electrons. The molecule has 3 atom stereocenters. The van der Waals surface area contributed by atoms with Crippen molar-refractivity contribution in [3.63, 3.8) is 0 Å². The molecule has 0 aromatic carbocycles. The number of H-pyrrole nitrogens is 1. The Bertz CT molecular complexity index is 798. The SMILES string of the molecule is Cc1cn([C@H]2C[C@H](N=[N+]=[N-])[C@@H](COP(=O)(Cl)Cl)O2)c(=O)[nH]c1=O. The lowest BCUT2D eigenvalue weighted by molar-refractivity contribution is -0.0211. The zero-order valence-electron chi connectivity index (χ0n) is 11.8. The fourth-order valence-electron chi connectivity index (χ4n) is 2.18.